The Balaban J connectivity index is 1.64. The zero-order valence-corrected chi connectivity index (χ0v) is 18.9. The summed E-state index contributed by atoms with van der Waals surface area (Å²) in [7, 11) is 0. The summed E-state index contributed by atoms with van der Waals surface area (Å²) in [6.07, 6.45) is 1.03. The van der Waals surface area contributed by atoms with E-state index >= 15 is 0 Å². The van der Waals surface area contributed by atoms with E-state index in [-0.39, 0.29) is 5.41 Å². The first-order valence-electron chi connectivity index (χ1n) is 10.9. The lowest BCUT2D eigenvalue weighted by atomic mass is 9.79. The van der Waals surface area contributed by atoms with E-state index < -0.39 is 0 Å². The SMILES string of the molecule is CCC(C)(COCc1cccc(Oc2ccccc2)c1)c1ccc(C(C)C)c(C)c1. The van der Waals surface area contributed by atoms with Gasteiger partial charge in [0.15, 0.2) is 0 Å². The molecule has 2 nitrogen and oxygen atoms in total. The lowest BCUT2D eigenvalue weighted by Crippen LogP contribution is -2.27. The van der Waals surface area contributed by atoms with Crippen molar-refractivity contribution < 1.29 is 9.47 Å². The second-order valence-electron chi connectivity index (χ2n) is 8.70. The van der Waals surface area contributed by atoms with Crippen LogP contribution in [0.3, 0.4) is 0 Å². The van der Waals surface area contributed by atoms with Crippen LogP contribution in [0.25, 0.3) is 0 Å². The number of hydrogen-bond donors (Lipinski definition) is 0. The first-order valence-corrected chi connectivity index (χ1v) is 10.9. The molecule has 1 unspecified atom stereocenters. The summed E-state index contributed by atoms with van der Waals surface area (Å²) in [6, 6.07) is 24.9. The predicted molar refractivity (Wildman–Crippen MR) is 126 cm³/mol. The van der Waals surface area contributed by atoms with Gasteiger partial charge < -0.3 is 9.47 Å². The third-order valence-electron chi connectivity index (χ3n) is 5.94. The molecule has 3 aromatic rings. The van der Waals surface area contributed by atoms with Crippen LogP contribution in [0.4, 0.5) is 0 Å². The molecule has 0 saturated heterocycles. The van der Waals surface area contributed by atoms with Crippen LogP contribution >= 0.6 is 0 Å². The summed E-state index contributed by atoms with van der Waals surface area (Å²) < 4.78 is 12.1. The van der Waals surface area contributed by atoms with Crippen molar-refractivity contribution in [1.82, 2.24) is 0 Å². The van der Waals surface area contributed by atoms with E-state index in [2.05, 4.69) is 65.0 Å². The molecule has 0 bridgehead atoms. The van der Waals surface area contributed by atoms with E-state index in [1.807, 2.05) is 42.5 Å². The van der Waals surface area contributed by atoms with Gasteiger partial charge >= 0.3 is 0 Å². The largest absolute Gasteiger partial charge is 0.457 e. The molecule has 0 radical (unpaired) electrons. The van der Waals surface area contributed by atoms with Crippen LogP contribution in [-0.4, -0.2) is 6.61 Å². The molecule has 3 aromatic carbocycles. The molecule has 0 heterocycles. The minimum absolute atomic E-state index is 0.00157. The van der Waals surface area contributed by atoms with Gasteiger partial charge in [-0.25, -0.2) is 0 Å². The third kappa shape index (κ3) is 5.52. The molecule has 0 N–H and O–H groups in total. The Hall–Kier alpha value is -2.58. The number of hydrogen-bond acceptors (Lipinski definition) is 2. The number of ether oxygens (including phenoxy) is 2. The van der Waals surface area contributed by atoms with Gasteiger partial charge in [0.1, 0.15) is 11.5 Å². The normalized spacial score (nSPS) is 13.3. The number of rotatable bonds is 9. The van der Waals surface area contributed by atoms with Gasteiger partial charge in [0.2, 0.25) is 0 Å². The highest BCUT2D eigenvalue weighted by molar-refractivity contribution is 5.37. The van der Waals surface area contributed by atoms with Gasteiger partial charge in [-0.05, 0) is 65.8 Å². The van der Waals surface area contributed by atoms with Gasteiger partial charge in [-0.1, -0.05) is 76.2 Å². The fourth-order valence-corrected chi connectivity index (χ4v) is 3.81. The molecule has 158 valence electrons. The summed E-state index contributed by atoms with van der Waals surface area (Å²) in [4.78, 5) is 0. The highest BCUT2D eigenvalue weighted by atomic mass is 16.5. The molecule has 3 rings (SSSR count). The van der Waals surface area contributed by atoms with E-state index in [0.29, 0.717) is 19.1 Å². The average molecular weight is 403 g/mol. The van der Waals surface area contributed by atoms with Crippen molar-refractivity contribution in [2.75, 3.05) is 6.61 Å². The Bertz CT molecular complexity index is 946. The molecule has 0 aromatic heterocycles. The molecule has 0 aliphatic rings. The minimum atomic E-state index is -0.00157. The molecule has 0 aliphatic carbocycles. The van der Waals surface area contributed by atoms with Crippen molar-refractivity contribution in [3.8, 4) is 11.5 Å². The highest BCUT2D eigenvalue weighted by Gasteiger charge is 2.25. The van der Waals surface area contributed by atoms with Crippen molar-refractivity contribution in [3.05, 3.63) is 95.1 Å². The van der Waals surface area contributed by atoms with Gasteiger partial charge in [-0.15, -0.1) is 0 Å². The average Bonchev–Trinajstić information content (AvgIpc) is 2.74. The monoisotopic (exact) mass is 402 g/mol. The van der Waals surface area contributed by atoms with Crippen molar-refractivity contribution in [2.45, 2.75) is 59.0 Å². The Morgan fingerprint density at radius 1 is 0.867 bits per heavy atom. The molecule has 0 spiro atoms. The first-order chi connectivity index (χ1) is 14.4. The van der Waals surface area contributed by atoms with Crippen LogP contribution in [-0.2, 0) is 16.8 Å². The summed E-state index contributed by atoms with van der Waals surface area (Å²) in [5.74, 6) is 2.23. The van der Waals surface area contributed by atoms with Crippen LogP contribution in [0.5, 0.6) is 11.5 Å². The number of aryl methyl sites for hydroxylation is 1. The molecule has 0 amide bonds. The Labute approximate surface area is 181 Å². The van der Waals surface area contributed by atoms with Crippen LogP contribution in [0.1, 0.15) is 62.3 Å². The predicted octanol–water partition coefficient (Wildman–Crippen LogP) is 7.80. The molecule has 0 fully saturated rings. The maximum Gasteiger partial charge on any atom is 0.127 e. The van der Waals surface area contributed by atoms with E-state index in [0.717, 1.165) is 23.5 Å². The van der Waals surface area contributed by atoms with Gasteiger partial charge in [-0.2, -0.15) is 0 Å². The van der Waals surface area contributed by atoms with Crippen LogP contribution in [0.15, 0.2) is 72.8 Å². The summed E-state index contributed by atoms with van der Waals surface area (Å²) in [6.45, 7) is 12.5. The molecular weight excluding hydrogens is 368 g/mol. The van der Waals surface area contributed by atoms with Gasteiger partial charge in [-0.3, -0.25) is 0 Å². The van der Waals surface area contributed by atoms with Crippen molar-refractivity contribution in [2.24, 2.45) is 0 Å². The van der Waals surface area contributed by atoms with E-state index in [9.17, 15) is 0 Å². The Morgan fingerprint density at radius 3 is 2.27 bits per heavy atom. The van der Waals surface area contributed by atoms with Crippen molar-refractivity contribution >= 4 is 0 Å². The summed E-state index contributed by atoms with van der Waals surface area (Å²) >= 11 is 0. The second kappa shape index (κ2) is 9.95. The number of benzene rings is 3. The van der Waals surface area contributed by atoms with Gasteiger partial charge in [0, 0.05) is 5.41 Å². The zero-order chi connectivity index (χ0) is 21.6. The third-order valence-corrected chi connectivity index (χ3v) is 5.94. The molecule has 1 atom stereocenters. The molecule has 0 aliphatic heterocycles. The fourth-order valence-electron chi connectivity index (χ4n) is 3.81. The van der Waals surface area contributed by atoms with Gasteiger partial charge in [0.25, 0.3) is 0 Å². The topological polar surface area (TPSA) is 18.5 Å². The second-order valence-corrected chi connectivity index (χ2v) is 8.70. The highest BCUT2D eigenvalue weighted by Crippen LogP contribution is 2.31. The summed E-state index contributed by atoms with van der Waals surface area (Å²) in [5, 5.41) is 0. The molecule has 2 heteroatoms. The van der Waals surface area contributed by atoms with Crippen LogP contribution in [0.2, 0.25) is 0 Å². The smallest absolute Gasteiger partial charge is 0.127 e. The fraction of sp³-hybridized carbons (Fsp3) is 0.357. The maximum atomic E-state index is 6.20. The van der Waals surface area contributed by atoms with E-state index in [1.54, 1.807) is 0 Å². The van der Waals surface area contributed by atoms with Crippen molar-refractivity contribution in [1.29, 1.82) is 0 Å². The first kappa shape index (κ1) is 22.1. The molecule has 30 heavy (non-hydrogen) atoms. The number of para-hydroxylation sites is 1. The zero-order valence-electron chi connectivity index (χ0n) is 18.9. The van der Waals surface area contributed by atoms with E-state index in [4.69, 9.17) is 9.47 Å². The lowest BCUT2D eigenvalue weighted by Gasteiger charge is -2.30. The quantitative estimate of drug-likeness (QED) is 0.363. The maximum absolute atomic E-state index is 6.20. The lowest BCUT2D eigenvalue weighted by molar-refractivity contribution is 0.0747. The Kier molecular flexibility index (Phi) is 7.33. The minimum Gasteiger partial charge on any atom is -0.457 e. The molecular formula is C28H34O2. The summed E-state index contributed by atoms with van der Waals surface area (Å²) in [5.41, 5.74) is 5.26. The van der Waals surface area contributed by atoms with E-state index in [1.165, 1.54) is 16.7 Å². The van der Waals surface area contributed by atoms with Gasteiger partial charge in [0.05, 0.1) is 13.2 Å². The van der Waals surface area contributed by atoms with Crippen LogP contribution in [0, 0.1) is 6.92 Å². The Morgan fingerprint density at radius 2 is 1.60 bits per heavy atom. The van der Waals surface area contributed by atoms with Crippen molar-refractivity contribution in [3.63, 3.8) is 0 Å². The standard InChI is InChI=1S/C28H34O2/c1-6-28(5,24-15-16-27(21(2)3)22(4)17-24)20-29-19-23-11-10-14-26(18-23)30-25-12-8-7-9-13-25/h7-18,21H,6,19-20H2,1-5H3. The van der Waals surface area contributed by atoms with Crippen LogP contribution < -0.4 is 4.74 Å². The molecule has 0 saturated carbocycles.